The molecule has 0 heterocycles. The molecule has 0 atom stereocenters. The Bertz CT molecular complexity index is 140. The predicted octanol–water partition coefficient (Wildman–Crippen LogP) is 2.12. The highest BCUT2D eigenvalue weighted by Crippen LogP contribution is 2.02. The third kappa shape index (κ3) is 9.13. The summed E-state index contributed by atoms with van der Waals surface area (Å²) in [6, 6.07) is 0.682. The van der Waals surface area contributed by atoms with Crippen LogP contribution >= 0.6 is 0 Å². The first-order valence-corrected chi connectivity index (χ1v) is 6.66. The van der Waals surface area contributed by atoms with Crippen molar-refractivity contribution in [1.29, 1.82) is 0 Å². The van der Waals surface area contributed by atoms with E-state index in [2.05, 4.69) is 31.0 Å². The van der Waals surface area contributed by atoms with Crippen LogP contribution in [0.25, 0.3) is 0 Å². The van der Waals surface area contributed by atoms with Gasteiger partial charge in [-0.15, -0.1) is 0 Å². The van der Waals surface area contributed by atoms with Gasteiger partial charge in [0.05, 0.1) is 6.61 Å². The van der Waals surface area contributed by atoms with Crippen LogP contribution in [0.1, 0.15) is 40.0 Å². The summed E-state index contributed by atoms with van der Waals surface area (Å²) in [5, 5.41) is 3.38. The fourth-order valence-corrected chi connectivity index (χ4v) is 1.78. The Morgan fingerprint density at radius 1 is 1.12 bits per heavy atom. The zero-order valence-electron chi connectivity index (χ0n) is 11.6. The summed E-state index contributed by atoms with van der Waals surface area (Å²) in [6.45, 7) is 12.2. The third-order valence-corrected chi connectivity index (χ3v) is 2.77. The summed E-state index contributed by atoms with van der Waals surface area (Å²) in [5.41, 5.74) is 0. The monoisotopic (exact) mass is 230 g/mol. The molecule has 0 aliphatic carbocycles. The molecular formula is C13H30N2O. The standard InChI is InChI=1S/C13H30N2O/c1-5-10-15(13(2)3)11-7-6-8-14-9-12-16-4/h13-14H,5-12H2,1-4H3. The van der Waals surface area contributed by atoms with Gasteiger partial charge in [0.1, 0.15) is 0 Å². The predicted molar refractivity (Wildman–Crippen MR) is 71.0 cm³/mol. The van der Waals surface area contributed by atoms with Gasteiger partial charge in [-0.2, -0.15) is 0 Å². The van der Waals surface area contributed by atoms with E-state index in [0.29, 0.717) is 6.04 Å². The summed E-state index contributed by atoms with van der Waals surface area (Å²) in [6.07, 6.45) is 3.80. The first-order valence-electron chi connectivity index (χ1n) is 6.66. The van der Waals surface area contributed by atoms with Crippen LogP contribution in [0.15, 0.2) is 0 Å². The van der Waals surface area contributed by atoms with Gasteiger partial charge in [-0.1, -0.05) is 6.92 Å². The van der Waals surface area contributed by atoms with E-state index in [0.717, 1.165) is 19.7 Å². The maximum Gasteiger partial charge on any atom is 0.0587 e. The second-order valence-electron chi connectivity index (χ2n) is 4.58. The van der Waals surface area contributed by atoms with Crippen molar-refractivity contribution in [3.63, 3.8) is 0 Å². The molecule has 0 unspecified atom stereocenters. The Morgan fingerprint density at radius 2 is 1.88 bits per heavy atom. The molecule has 1 N–H and O–H groups in total. The van der Waals surface area contributed by atoms with Crippen molar-refractivity contribution in [2.24, 2.45) is 0 Å². The van der Waals surface area contributed by atoms with E-state index < -0.39 is 0 Å². The van der Waals surface area contributed by atoms with E-state index >= 15 is 0 Å². The summed E-state index contributed by atoms with van der Waals surface area (Å²) >= 11 is 0. The molecule has 0 rings (SSSR count). The fourth-order valence-electron chi connectivity index (χ4n) is 1.78. The van der Waals surface area contributed by atoms with Crippen LogP contribution in [0, 0.1) is 0 Å². The molecular weight excluding hydrogens is 200 g/mol. The number of hydrogen-bond donors (Lipinski definition) is 1. The number of nitrogens with one attached hydrogen (secondary N) is 1. The minimum absolute atomic E-state index is 0.682. The van der Waals surface area contributed by atoms with E-state index in [1.807, 2.05) is 0 Å². The van der Waals surface area contributed by atoms with Crippen molar-refractivity contribution in [3.05, 3.63) is 0 Å². The molecule has 3 nitrogen and oxygen atoms in total. The molecule has 0 amide bonds. The van der Waals surface area contributed by atoms with Crippen LogP contribution in [-0.4, -0.2) is 50.8 Å². The Morgan fingerprint density at radius 3 is 2.44 bits per heavy atom. The van der Waals surface area contributed by atoms with E-state index in [4.69, 9.17) is 4.74 Å². The van der Waals surface area contributed by atoms with Gasteiger partial charge in [0, 0.05) is 19.7 Å². The van der Waals surface area contributed by atoms with Crippen molar-refractivity contribution in [2.45, 2.75) is 46.1 Å². The lowest BCUT2D eigenvalue weighted by Crippen LogP contribution is -2.33. The number of ether oxygens (including phenoxy) is 1. The Balaban J connectivity index is 3.33. The third-order valence-electron chi connectivity index (χ3n) is 2.77. The summed E-state index contributed by atoms with van der Waals surface area (Å²) in [5.74, 6) is 0. The second kappa shape index (κ2) is 11.4. The van der Waals surface area contributed by atoms with Gasteiger partial charge in [-0.25, -0.2) is 0 Å². The van der Waals surface area contributed by atoms with Gasteiger partial charge in [0.25, 0.3) is 0 Å². The highest BCUT2D eigenvalue weighted by Gasteiger charge is 2.06. The van der Waals surface area contributed by atoms with Crippen molar-refractivity contribution >= 4 is 0 Å². The normalized spacial score (nSPS) is 11.6. The highest BCUT2D eigenvalue weighted by molar-refractivity contribution is 4.62. The summed E-state index contributed by atoms with van der Waals surface area (Å²) < 4.78 is 4.98. The summed E-state index contributed by atoms with van der Waals surface area (Å²) in [7, 11) is 1.74. The van der Waals surface area contributed by atoms with Gasteiger partial charge in [0.15, 0.2) is 0 Å². The van der Waals surface area contributed by atoms with Crippen LogP contribution < -0.4 is 5.32 Å². The molecule has 0 radical (unpaired) electrons. The average molecular weight is 230 g/mol. The van der Waals surface area contributed by atoms with Gasteiger partial charge >= 0.3 is 0 Å². The zero-order chi connectivity index (χ0) is 12.2. The lowest BCUT2D eigenvalue weighted by molar-refractivity contribution is 0.198. The number of unbranched alkanes of at least 4 members (excludes halogenated alkanes) is 1. The van der Waals surface area contributed by atoms with E-state index in [9.17, 15) is 0 Å². The molecule has 0 saturated carbocycles. The molecule has 0 aliphatic rings. The first kappa shape index (κ1) is 15.9. The largest absolute Gasteiger partial charge is 0.383 e. The molecule has 0 aromatic carbocycles. The van der Waals surface area contributed by atoms with Crippen LogP contribution in [0.5, 0.6) is 0 Å². The molecule has 0 aliphatic heterocycles. The minimum atomic E-state index is 0.682. The molecule has 0 spiro atoms. The molecule has 98 valence electrons. The summed E-state index contributed by atoms with van der Waals surface area (Å²) in [4.78, 5) is 2.56. The molecule has 0 saturated heterocycles. The number of rotatable bonds is 11. The van der Waals surface area contributed by atoms with Crippen LogP contribution in [0.2, 0.25) is 0 Å². The Labute approximate surface area is 102 Å². The topological polar surface area (TPSA) is 24.5 Å². The zero-order valence-corrected chi connectivity index (χ0v) is 11.6. The maximum atomic E-state index is 4.98. The smallest absolute Gasteiger partial charge is 0.0587 e. The van der Waals surface area contributed by atoms with Crippen molar-refractivity contribution in [2.75, 3.05) is 39.9 Å². The number of hydrogen-bond acceptors (Lipinski definition) is 3. The fraction of sp³-hybridized carbons (Fsp3) is 1.00. The van der Waals surface area contributed by atoms with Gasteiger partial charge < -0.3 is 15.0 Å². The Hall–Kier alpha value is -0.120. The SMILES string of the molecule is CCCN(CCCCNCCOC)C(C)C. The molecule has 0 aromatic rings. The lowest BCUT2D eigenvalue weighted by Gasteiger charge is -2.25. The average Bonchev–Trinajstić information content (AvgIpc) is 2.26. The molecule has 0 aromatic heterocycles. The Kier molecular flexibility index (Phi) is 11.3. The maximum absolute atomic E-state index is 4.98. The van der Waals surface area contributed by atoms with Crippen LogP contribution in [-0.2, 0) is 4.74 Å². The van der Waals surface area contributed by atoms with E-state index in [1.165, 1.54) is 32.4 Å². The minimum Gasteiger partial charge on any atom is -0.383 e. The van der Waals surface area contributed by atoms with Crippen LogP contribution in [0.3, 0.4) is 0 Å². The van der Waals surface area contributed by atoms with E-state index in [1.54, 1.807) is 7.11 Å². The van der Waals surface area contributed by atoms with Gasteiger partial charge in [0.2, 0.25) is 0 Å². The molecule has 3 heteroatoms. The van der Waals surface area contributed by atoms with Crippen molar-refractivity contribution < 1.29 is 4.74 Å². The van der Waals surface area contributed by atoms with E-state index in [-0.39, 0.29) is 0 Å². The molecule has 0 fully saturated rings. The second-order valence-corrected chi connectivity index (χ2v) is 4.58. The lowest BCUT2D eigenvalue weighted by atomic mass is 10.2. The van der Waals surface area contributed by atoms with Crippen LogP contribution in [0.4, 0.5) is 0 Å². The first-order chi connectivity index (χ1) is 7.72. The quantitative estimate of drug-likeness (QED) is 0.550. The number of methoxy groups -OCH3 is 1. The molecule has 0 bridgehead atoms. The van der Waals surface area contributed by atoms with Gasteiger partial charge in [-0.05, 0) is 52.7 Å². The van der Waals surface area contributed by atoms with Crippen molar-refractivity contribution in [3.8, 4) is 0 Å². The highest BCUT2D eigenvalue weighted by atomic mass is 16.5. The molecule has 16 heavy (non-hydrogen) atoms. The van der Waals surface area contributed by atoms with Crippen molar-refractivity contribution in [1.82, 2.24) is 10.2 Å². The number of nitrogens with zero attached hydrogens (tertiary/aromatic N) is 1. The van der Waals surface area contributed by atoms with Gasteiger partial charge in [-0.3, -0.25) is 0 Å².